The number of ether oxygens (including phenoxy) is 1. The number of hydrogen-bond acceptors (Lipinski definition) is 8. The predicted octanol–water partition coefficient (Wildman–Crippen LogP) is 2.03. The quantitative estimate of drug-likeness (QED) is 0.631. The Hall–Kier alpha value is -2.92. The summed E-state index contributed by atoms with van der Waals surface area (Å²) in [5.41, 5.74) is 0.427. The molecule has 0 saturated carbocycles. The average Bonchev–Trinajstić information content (AvgIpc) is 3.42. The fourth-order valence-electron chi connectivity index (χ4n) is 2.87. The fourth-order valence-corrected chi connectivity index (χ4v) is 4.64. The van der Waals surface area contributed by atoms with Gasteiger partial charge in [-0.1, -0.05) is 23.4 Å². The SMILES string of the molecule is CCS(=O)(=O)N1CC(C(=O)NCc2nc(-c3cccs3)no2)Oc2ccccc21. The molecule has 0 aliphatic carbocycles. The largest absolute Gasteiger partial charge is 0.476 e. The lowest BCUT2D eigenvalue weighted by molar-refractivity contribution is -0.128. The summed E-state index contributed by atoms with van der Waals surface area (Å²) in [5, 5.41) is 8.46. The van der Waals surface area contributed by atoms with Crippen molar-refractivity contribution >= 4 is 33.0 Å². The Labute approximate surface area is 171 Å². The molecule has 4 rings (SSSR count). The normalized spacial score (nSPS) is 16.2. The molecular weight excluding hydrogens is 416 g/mol. The molecule has 3 heterocycles. The number of para-hydroxylation sites is 2. The minimum atomic E-state index is -3.56. The van der Waals surface area contributed by atoms with Crippen LogP contribution in [0.5, 0.6) is 5.75 Å². The third kappa shape index (κ3) is 3.96. The summed E-state index contributed by atoms with van der Waals surface area (Å²) in [6.07, 6.45) is -0.995. The van der Waals surface area contributed by atoms with Gasteiger partial charge in [0.25, 0.3) is 5.91 Å². The number of carbonyl (C=O) groups excluding carboxylic acids is 1. The molecule has 29 heavy (non-hydrogen) atoms. The summed E-state index contributed by atoms with van der Waals surface area (Å²) in [6, 6.07) is 10.5. The van der Waals surface area contributed by atoms with Crippen LogP contribution < -0.4 is 14.4 Å². The summed E-state index contributed by atoms with van der Waals surface area (Å²) in [5.74, 6) is 0.493. The Balaban J connectivity index is 1.46. The lowest BCUT2D eigenvalue weighted by Gasteiger charge is -2.34. The van der Waals surface area contributed by atoms with E-state index in [0.29, 0.717) is 17.3 Å². The Bertz CT molecular complexity index is 1110. The minimum Gasteiger partial charge on any atom is -0.476 e. The molecule has 1 unspecified atom stereocenters. The van der Waals surface area contributed by atoms with E-state index in [1.165, 1.54) is 15.6 Å². The van der Waals surface area contributed by atoms with E-state index in [-0.39, 0.29) is 24.7 Å². The average molecular weight is 434 g/mol. The van der Waals surface area contributed by atoms with Crippen LogP contribution in [0.1, 0.15) is 12.8 Å². The van der Waals surface area contributed by atoms with Crippen LogP contribution in [0.15, 0.2) is 46.3 Å². The number of benzene rings is 1. The van der Waals surface area contributed by atoms with Gasteiger partial charge in [0.15, 0.2) is 6.10 Å². The van der Waals surface area contributed by atoms with E-state index in [9.17, 15) is 13.2 Å². The number of sulfonamides is 1. The Morgan fingerprint density at radius 2 is 2.14 bits per heavy atom. The lowest BCUT2D eigenvalue weighted by atomic mass is 10.2. The molecule has 1 aliphatic heterocycles. The molecule has 0 radical (unpaired) electrons. The fraction of sp³-hybridized carbons (Fsp3) is 0.278. The van der Waals surface area contributed by atoms with Crippen LogP contribution in [0.3, 0.4) is 0 Å². The zero-order valence-electron chi connectivity index (χ0n) is 15.4. The number of rotatable bonds is 6. The Kier molecular flexibility index (Phi) is 5.24. The van der Waals surface area contributed by atoms with E-state index in [2.05, 4.69) is 15.5 Å². The standard InChI is InChI=1S/C18H18N4O5S2/c1-2-29(24,25)22-11-14(26-13-7-4-3-6-12(13)22)18(23)19-10-16-20-17(21-27-16)15-8-5-9-28-15/h3-9,14H,2,10-11H2,1H3,(H,19,23). The summed E-state index contributed by atoms with van der Waals surface area (Å²) in [4.78, 5) is 17.7. The zero-order chi connectivity index (χ0) is 20.4. The van der Waals surface area contributed by atoms with Gasteiger partial charge in [-0.25, -0.2) is 8.42 Å². The number of anilines is 1. The second kappa shape index (κ2) is 7.84. The van der Waals surface area contributed by atoms with Gasteiger partial charge in [-0.3, -0.25) is 9.10 Å². The molecule has 1 amide bonds. The zero-order valence-corrected chi connectivity index (χ0v) is 17.1. The second-order valence-electron chi connectivity index (χ2n) is 6.21. The van der Waals surface area contributed by atoms with Gasteiger partial charge in [-0.05, 0) is 30.5 Å². The number of fused-ring (bicyclic) bond motifs is 1. The summed E-state index contributed by atoms with van der Waals surface area (Å²) >= 11 is 1.48. The van der Waals surface area contributed by atoms with E-state index >= 15 is 0 Å². The van der Waals surface area contributed by atoms with Crippen LogP contribution in [-0.2, 0) is 21.4 Å². The number of nitrogens with one attached hydrogen (secondary N) is 1. The first kappa shape index (κ1) is 19.4. The van der Waals surface area contributed by atoms with Gasteiger partial charge in [0.2, 0.25) is 21.7 Å². The topological polar surface area (TPSA) is 115 Å². The van der Waals surface area contributed by atoms with Crippen molar-refractivity contribution in [1.29, 1.82) is 0 Å². The number of aromatic nitrogens is 2. The smallest absolute Gasteiger partial charge is 0.263 e. The van der Waals surface area contributed by atoms with Gasteiger partial charge in [0, 0.05) is 0 Å². The summed E-state index contributed by atoms with van der Waals surface area (Å²) in [7, 11) is -3.56. The molecule has 152 valence electrons. The van der Waals surface area contributed by atoms with Gasteiger partial charge in [0.1, 0.15) is 5.75 Å². The molecule has 1 N–H and O–H groups in total. The van der Waals surface area contributed by atoms with Crippen LogP contribution in [0.2, 0.25) is 0 Å². The molecule has 9 nitrogen and oxygen atoms in total. The van der Waals surface area contributed by atoms with Crippen LogP contribution in [0, 0.1) is 0 Å². The molecular formula is C18H18N4O5S2. The van der Waals surface area contributed by atoms with Gasteiger partial charge >= 0.3 is 0 Å². The van der Waals surface area contributed by atoms with Crippen molar-refractivity contribution in [1.82, 2.24) is 15.5 Å². The maximum absolute atomic E-state index is 12.6. The molecule has 1 aromatic carbocycles. The highest BCUT2D eigenvalue weighted by Crippen LogP contribution is 2.35. The molecule has 3 aromatic rings. The molecule has 0 saturated heterocycles. The van der Waals surface area contributed by atoms with Crippen LogP contribution in [0.4, 0.5) is 5.69 Å². The third-order valence-electron chi connectivity index (χ3n) is 4.35. The first-order chi connectivity index (χ1) is 14.0. The van der Waals surface area contributed by atoms with Crippen molar-refractivity contribution in [3.8, 4) is 16.5 Å². The highest BCUT2D eigenvalue weighted by molar-refractivity contribution is 7.92. The highest BCUT2D eigenvalue weighted by atomic mass is 32.2. The lowest BCUT2D eigenvalue weighted by Crippen LogP contribution is -2.50. The highest BCUT2D eigenvalue weighted by Gasteiger charge is 2.35. The maximum Gasteiger partial charge on any atom is 0.263 e. The molecule has 11 heteroatoms. The predicted molar refractivity (Wildman–Crippen MR) is 107 cm³/mol. The third-order valence-corrected chi connectivity index (χ3v) is 6.96. The van der Waals surface area contributed by atoms with Gasteiger partial charge in [-0.2, -0.15) is 4.98 Å². The Morgan fingerprint density at radius 1 is 1.31 bits per heavy atom. The van der Waals surface area contributed by atoms with E-state index in [0.717, 1.165) is 4.88 Å². The number of carbonyl (C=O) groups is 1. The number of amides is 1. The van der Waals surface area contributed by atoms with Crippen molar-refractivity contribution in [2.24, 2.45) is 0 Å². The van der Waals surface area contributed by atoms with Gasteiger partial charge in [0.05, 0.1) is 29.4 Å². The number of nitrogens with zero attached hydrogens (tertiary/aromatic N) is 3. The van der Waals surface area contributed by atoms with Gasteiger partial charge < -0.3 is 14.6 Å². The summed E-state index contributed by atoms with van der Waals surface area (Å²) < 4.78 is 37.1. The van der Waals surface area contributed by atoms with E-state index < -0.39 is 22.0 Å². The van der Waals surface area contributed by atoms with E-state index in [4.69, 9.17) is 9.26 Å². The summed E-state index contributed by atoms with van der Waals surface area (Å²) in [6.45, 7) is 1.46. The van der Waals surface area contributed by atoms with Crippen LogP contribution in [-0.4, -0.2) is 42.9 Å². The molecule has 0 spiro atoms. The second-order valence-corrected chi connectivity index (χ2v) is 9.34. The monoisotopic (exact) mass is 434 g/mol. The molecule has 1 atom stereocenters. The van der Waals surface area contributed by atoms with Crippen molar-refractivity contribution in [3.63, 3.8) is 0 Å². The van der Waals surface area contributed by atoms with Crippen molar-refractivity contribution in [2.45, 2.75) is 19.6 Å². The number of thiophene rings is 1. The van der Waals surface area contributed by atoms with Crippen molar-refractivity contribution in [2.75, 3.05) is 16.6 Å². The van der Waals surface area contributed by atoms with Crippen molar-refractivity contribution < 1.29 is 22.5 Å². The molecule has 0 fully saturated rings. The minimum absolute atomic E-state index is 0.0131. The van der Waals surface area contributed by atoms with Gasteiger partial charge in [-0.15, -0.1) is 11.3 Å². The Morgan fingerprint density at radius 3 is 2.90 bits per heavy atom. The van der Waals surface area contributed by atoms with Crippen molar-refractivity contribution in [3.05, 3.63) is 47.7 Å². The molecule has 0 bridgehead atoms. The first-order valence-corrected chi connectivity index (χ1v) is 11.4. The van der Waals surface area contributed by atoms with Crippen LogP contribution in [0.25, 0.3) is 10.7 Å². The molecule has 2 aromatic heterocycles. The van der Waals surface area contributed by atoms with Crippen LogP contribution >= 0.6 is 11.3 Å². The maximum atomic E-state index is 12.6. The van der Waals surface area contributed by atoms with E-state index in [1.807, 2.05) is 17.5 Å². The number of hydrogen-bond donors (Lipinski definition) is 1. The van der Waals surface area contributed by atoms with E-state index in [1.54, 1.807) is 31.2 Å². The molecule has 1 aliphatic rings. The first-order valence-electron chi connectivity index (χ1n) is 8.88.